The zero-order valence-corrected chi connectivity index (χ0v) is 6.92. The van der Waals surface area contributed by atoms with Gasteiger partial charge in [0.25, 0.3) is 0 Å². The van der Waals surface area contributed by atoms with Crippen LogP contribution in [0.25, 0.3) is 0 Å². The molecule has 1 N–H and O–H groups in total. The SMILES string of the molecule is CC(C)=CC(C)OCCO. The van der Waals surface area contributed by atoms with Crippen molar-refractivity contribution in [1.29, 1.82) is 0 Å². The minimum Gasteiger partial charge on any atom is -0.394 e. The average Bonchev–Trinajstić information content (AvgIpc) is 1.82. The number of aliphatic hydroxyl groups excluding tert-OH is 1. The molecule has 0 aliphatic rings. The molecule has 0 aromatic rings. The Kier molecular flexibility index (Phi) is 5.26. The van der Waals surface area contributed by atoms with Gasteiger partial charge in [-0.05, 0) is 20.8 Å². The van der Waals surface area contributed by atoms with Gasteiger partial charge in [-0.1, -0.05) is 11.6 Å². The third-order valence-corrected chi connectivity index (χ3v) is 1.04. The maximum Gasteiger partial charge on any atom is 0.0731 e. The molecule has 60 valence electrons. The fourth-order valence-corrected chi connectivity index (χ4v) is 0.756. The lowest BCUT2D eigenvalue weighted by Gasteiger charge is -2.06. The summed E-state index contributed by atoms with van der Waals surface area (Å²) < 4.78 is 5.18. The Balaban J connectivity index is 3.43. The first-order valence-electron chi connectivity index (χ1n) is 3.54. The van der Waals surface area contributed by atoms with E-state index in [1.165, 1.54) is 5.57 Å². The molecule has 0 bridgehead atoms. The van der Waals surface area contributed by atoms with Crippen molar-refractivity contribution in [1.82, 2.24) is 0 Å². The van der Waals surface area contributed by atoms with Crippen LogP contribution in [0.15, 0.2) is 11.6 Å². The van der Waals surface area contributed by atoms with Crippen LogP contribution in [0.1, 0.15) is 20.8 Å². The van der Waals surface area contributed by atoms with Gasteiger partial charge in [0, 0.05) is 0 Å². The highest BCUT2D eigenvalue weighted by Gasteiger charge is 1.94. The van der Waals surface area contributed by atoms with E-state index >= 15 is 0 Å². The lowest BCUT2D eigenvalue weighted by Crippen LogP contribution is -2.08. The summed E-state index contributed by atoms with van der Waals surface area (Å²) in [6, 6.07) is 0. The van der Waals surface area contributed by atoms with Crippen LogP contribution >= 0.6 is 0 Å². The highest BCUT2D eigenvalue weighted by molar-refractivity contribution is 4.96. The number of hydrogen-bond donors (Lipinski definition) is 1. The van der Waals surface area contributed by atoms with E-state index in [9.17, 15) is 0 Å². The molecule has 0 saturated carbocycles. The standard InChI is InChI=1S/C8H16O2/c1-7(2)6-8(3)10-5-4-9/h6,8-9H,4-5H2,1-3H3. The Morgan fingerprint density at radius 3 is 2.60 bits per heavy atom. The van der Waals surface area contributed by atoms with Gasteiger partial charge >= 0.3 is 0 Å². The third kappa shape index (κ3) is 5.79. The van der Waals surface area contributed by atoms with E-state index in [0.29, 0.717) is 6.61 Å². The van der Waals surface area contributed by atoms with Crippen LogP contribution < -0.4 is 0 Å². The predicted molar refractivity (Wildman–Crippen MR) is 41.9 cm³/mol. The van der Waals surface area contributed by atoms with Gasteiger partial charge in [0.1, 0.15) is 0 Å². The Morgan fingerprint density at radius 2 is 2.20 bits per heavy atom. The molecule has 0 radical (unpaired) electrons. The lowest BCUT2D eigenvalue weighted by atomic mass is 10.2. The van der Waals surface area contributed by atoms with Crippen LogP contribution in [0.3, 0.4) is 0 Å². The molecule has 0 aromatic carbocycles. The smallest absolute Gasteiger partial charge is 0.0731 e. The second kappa shape index (κ2) is 5.45. The van der Waals surface area contributed by atoms with E-state index in [1.807, 2.05) is 26.8 Å². The highest BCUT2D eigenvalue weighted by atomic mass is 16.5. The van der Waals surface area contributed by atoms with Crippen LogP contribution in [-0.2, 0) is 4.74 Å². The summed E-state index contributed by atoms with van der Waals surface area (Å²) in [5, 5.41) is 8.40. The maximum atomic E-state index is 8.40. The Morgan fingerprint density at radius 1 is 1.60 bits per heavy atom. The van der Waals surface area contributed by atoms with Crippen LogP contribution in [-0.4, -0.2) is 24.4 Å². The van der Waals surface area contributed by atoms with Crippen molar-refractivity contribution in [3.63, 3.8) is 0 Å². The van der Waals surface area contributed by atoms with Crippen molar-refractivity contribution < 1.29 is 9.84 Å². The number of hydrogen-bond acceptors (Lipinski definition) is 2. The van der Waals surface area contributed by atoms with Gasteiger partial charge < -0.3 is 9.84 Å². The van der Waals surface area contributed by atoms with Crippen LogP contribution in [0.4, 0.5) is 0 Å². The van der Waals surface area contributed by atoms with E-state index in [4.69, 9.17) is 9.84 Å². The molecule has 0 aromatic heterocycles. The first kappa shape index (κ1) is 9.66. The van der Waals surface area contributed by atoms with Gasteiger partial charge in [-0.3, -0.25) is 0 Å². The van der Waals surface area contributed by atoms with Crippen molar-refractivity contribution in [3.8, 4) is 0 Å². The van der Waals surface area contributed by atoms with Gasteiger partial charge in [0.2, 0.25) is 0 Å². The summed E-state index contributed by atoms with van der Waals surface area (Å²) in [6.45, 7) is 6.53. The van der Waals surface area contributed by atoms with Crippen molar-refractivity contribution in [2.75, 3.05) is 13.2 Å². The Labute approximate surface area is 62.5 Å². The summed E-state index contributed by atoms with van der Waals surface area (Å²) in [6.07, 6.45) is 2.15. The van der Waals surface area contributed by atoms with E-state index in [2.05, 4.69) is 0 Å². The summed E-state index contributed by atoms with van der Waals surface area (Å²) >= 11 is 0. The first-order valence-corrected chi connectivity index (χ1v) is 3.54. The first-order chi connectivity index (χ1) is 4.66. The Hall–Kier alpha value is -0.340. The van der Waals surface area contributed by atoms with E-state index in [1.54, 1.807) is 0 Å². The second-order valence-electron chi connectivity index (χ2n) is 2.54. The molecule has 1 unspecified atom stereocenters. The van der Waals surface area contributed by atoms with Gasteiger partial charge in [0.05, 0.1) is 19.3 Å². The number of aliphatic hydroxyl groups is 1. The van der Waals surface area contributed by atoms with Gasteiger partial charge in [0.15, 0.2) is 0 Å². The normalized spacial score (nSPS) is 12.8. The number of ether oxygens (including phenoxy) is 1. The molecule has 0 aliphatic heterocycles. The quantitative estimate of drug-likeness (QED) is 0.603. The largest absolute Gasteiger partial charge is 0.394 e. The molecule has 0 fully saturated rings. The van der Waals surface area contributed by atoms with Crippen LogP contribution in [0.2, 0.25) is 0 Å². The highest BCUT2D eigenvalue weighted by Crippen LogP contribution is 1.97. The molecule has 0 spiro atoms. The zero-order valence-electron chi connectivity index (χ0n) is 6.92. The van der Waals surface area contributed by atoms with Gasteiger partial charge in [-0.2, -0.15) is 0 Å². The maximum absolute atomic E-state index is 8.40. The molecule has 2 heteroatoms. The Bertz CT molecular complexity index is 104. The van der Waals surface area contributed by atoms with Gasteiger partial charge in [-0.15, -0.1) is 0 Å². The average molecular weight is 144 g/mol. The van der Waals surface area contributed by atoms with E-state index in [-0.39, 0.29) is 12.7 Å². The minimum atomic E-state index is 0.0982. The second-order valence-corrected chi connectivity index (χ2v) is 2.54. The zero-order chi connectivity index (χ0) is 7.98. The molecule has 0 amide bonds. The molecule has 1 atom stereocenters. The monoisotopic (exact) mass is 144 g/mol. The molecule has 10 heavy (non-hydrogen) atoms. The van der Waals surface area contributed by atoms with Crippen LogP contribution in [0.5, 0.6) is 0 Å². The summed E-state index contributed by atoms with van der Waals surface area (Å²) in [5.74, 6) is 0. The topological polar surface area (TPSA) is 29.5 Å². The van der Waals surface area contributed by atoms with Crippen molar-refractivity contribution in [2.45, 2.75) is 26.9 Å². The number of allylic oxidation sites excluding steroid dienone is 1. The van der Waals surface area contributed by atoms with E-state index < -0.39 is 0 Å². The van der Waals surface area contributed by atoms with Crippen molar-refractivity contribution in [2.24, 2.45) is 0 Å². The molecular formula is C8H16O2. The fourth-order valence-electron chi connectivity index (χ4n) is 0.756. The number of rotatable bonds is 4. The molecule has 0 heterocycles. The lowest BCUT2D eigenvalue weighted by molar-refractivity contribution is 0.0637. The fraction of sp³-hybridized carbons (Fsp3) is 0.750. The molecule has 0 saturated heterocycles. The van der Waals surface area contributed by atoms with Crippen LogP contribution in [0, 0.1) is 0 Å². The summed E-state index contributed by atoms with van der Waals surface area (Å²) in [7, 11) is 0. The molecule has 2 nitrogen and oxygen atoms in total. The van der Waals surface area contributed by atoms with Crippen molar-refractivity contribution in [3.05, 3.63) is 11.6 Å². The minimum absolute atomic E-state index is 0.0982. The molecular weight excluding hydrogens is 128 g/mol. The molecule has 0 aliphatic carbocycles. The summed E-state index contributed by atoms with van der Waals surface area (Å²) in [4.78, 5) is 0. The van der Waals surface area contributed by atoms with Gasteiger partial charge in [-0.25, -0.2) is 0 Å². The molecule has 0 rings (SSSR count). The summed E-state index contributed by atoms with van der Waals surface area (Å²) in [5.41, 5.74) is 1.24. The van der Waals surface area contributed by atoms with E-state index in [0.717, 1.165) is 0 Å². The third-order valence-electron chi connectivity index (χ3n) is 1.04. The predicted octanol–water partition coefficient (Wildman–Crippen LogP) is 1.35. The van der Waals surface area contributed by atoms with Crippen molar-refractivity contribution >= 4 is 0 Å².